The number of methoxy groups -OCH3 is 1. The highest BCUT2D eigenvalue weighted by molar-refractivity contribution is 6.04. The predicted octanol–water partition coefficient (Wildman–Crippen LogP) is 0.401. The minimum Gasteiger partial charge on any atom is -0.469 e. The highest BCUT2D eigenvalue weighted by Gasteiger charge is 2.57. The fourth-order valence-corrected chi connectivity index (χ4v) is 3.54. The maximum atomic E-state index is 12.0. The average molecular weight is 278 g/mol. The first-order chi connectivity index (χ1) is 9.54. The second kappa shape index (κ2) is 4.54. The summed E-state index contributed by atoms with van der Waals surface area (Å²) in [6, 6.07) is 0. The van der Waals surface area contributed by atoms with Crippen molar-refractivity contribution in [2.75, 3.05) is 7.11 Å². The molecule has 0 aromatic carbocycles. The molecule has 4 atom stereocenters. The van der Waals surface area contributed by atoms with E-state index in [0.717, 1.165) is 0 Å². The molecule has 2 aliphatic carbocycles. The molecule has 1 aliphatic heterocycles. The molecule has 0 aromatic heterocycles. The Bertz CT molecular complexity index is 546. The Labute approximate surface area is 115 Å². The summed E-state index contributed by atoms with van der Waals surface area (Å²) in [5.41, 5.74) is 0.486. The zero-order valence-electron chi connectivity index (χ0n) is 11.0. The van der Waals surface area contributed by atoms with Gasteiger partial charge >= 0.3 is 17.9 Å². The maximum Gasteiger partial charge on any atom is 0.318 e. The summed E-state index contributed by atoms with van der Waals surface area (Å²) in [6.07, 6.45) is 3.28. The van der Waals surface area contributed by atoms with Gasteiger partial charge in [0, 0.05) is 12.3 Å². The highest BCUT2D eigenvalue weighted by atomic mass is 16.6. The Hall–Kier alpha value is -1.98. The van der Waals surface area contributed by atoms with Gasteiger partial charge in [-0.15, -0.1) is 0 Å². The number of fused-ring (bicyclic) bond motifs is 3. The summed E-state index contributed by atoms with van der Waals surface area (Å²) < 4.78 is 9.37. The van der Waals surface area contributed by atoms with E-state index in [4.69, 9.17) is 0 Å². The van der Waals surface area contributed by atoms with Gasteiger partial charge in [0.15, 0.2) is 5.78 Å². The van der Waals surface area contributed by atoms with Gasteiger partial charge in [-0.05, 0) is 18.4 Å². The molecule has 4 unspecified atom stereocenters. The van der Waals surface area contributed by atoms with Crippen molar-refractivity contribution in [1.82, 2.24) is 0 Å². The van der Waals surface area contributed by atoms with E-state index < -0.39 is 35.7 Å². The number of hydrogen-bond donors (Lipinski definition) is 0. The van der Waals surface area contributed by atoms with Gasteiger partial charge in [-0.1, -0.05) is 6.08 Å². The van der Waals surface area contributed by atoms with Crippen LogP contribution in [0.25, 0.3) is 0 Å². The van der Waals surface area contributed by atoms with Crippen LogP contribution in [-0.4, -0.2) is 30.8 Å². The van der Waals surface area contributed by atoms with Crippen LogP contribution < -0.4 is 0 Å². The lowest BCUT2D eigenvalue weighted by Crippen LogP contribution is -2.42. The van der Waals surface area contributed by atoms with Gasteiger partial charge in [-0.2, -0.15) is 0 Å². The molecule has 20 heavy (non-hydrogen) atoms. The van der Waals surface area contributed by atoms with Gasteiger partial charge < -0.3 is 9.47 Å². The predicted molar refractivity (Wildman–Crippen MR) is 64.0 cm³/mol. The number of rotatable bonds is 1. The van der Waals surface area contributed by atoms with Crippen LogP contribution >= 0.6 is 0 Å². The van der Waals surface area contributed by atoms with Crippen LogP contribution in [0.2, 0.25) is 0 Å². The summed E-state index contributed by atoms with van der Waals surface area (Å²) in [5.74, 6) is -4.77. The lowest BCUT2D eigenvalue weighted by atomic mass is 9.63. The summed E-state index contributed by atoms with van der Waals surface area (Å²) in [4.78, 5) is 47.6. The fraction of sp³-hybridized carbons (Fsp3) is 0.571. The molecule has 0 radical (unpaired) electrons. The topological polar surface area (TPSA) is 86.7 Å². The SMILES string of the molecule is COC(=O)C1C=C2C(=O)CCCC2C2C(=O)OC(=O)C12. The van der Waals surface area contributed by atoms with E-state index in [0.29, 0.717) is 24.8 Å². The molecule has 106 valence electrons. The van der Waals surface area contributed by atoms with Gasteiger partial charge in [-0.3, -0.25) is 19.2 Å². The molecule has 0 amide bonds. The molecule has 1 saturated carbocycles. The number of hydrogen-bond acceptors (Lipinski definition) is 6. The first kappa shape index (κ1) is 13.0. The molecule has 1 saturated heterocycles. The van der Waals surface area contributed by atoms with Crippen molar-refractivity contribution >= 4 is 23.7 Å². The Kier molecular flexibility index (Phi) is 2.96. The summed E-state index contributed by atoms with van der Waals surface area (Å²) in [7, 11) is 1.22. The maximum absolute atomic E-state index is 12.0. The molecule has 0 spiro atoms. The standard InChI is InChI=1S/C14H14O6/c1-19-12(16)8-5-7-6(3-2-4-9(7)15)10-11(8)14(18)20-13(10)17/h5-6,8,10-11H,2-4H2,1H3. The van der Waals surface area contributed by atoms with Crippen molar-refractivity contribution in [3.8, 4) is 0 Å². The first-order valence-electron chi connectivity index (χ1n) is 6.63. The van der Waals surface area contributed by atoms with E-state index in [1.165, 1.54) is 13.2 Å². The molecule has 3 rings (SSSR count). The number of carbonyl (C=O) groups is 4. The van der Waals surface area contributed by atoms with Crippen LogP contribution in [0.15, 0.2) is 11.6 Å². The Balaban J connectivity index is 2.09. The van der Waals surface area contributed by atoms with E-state index in [9.17, 15) is 19.2 Å². The van der Waals surface area contributed by atoms with E-state index in [2.05, 4.69) is 9.47 Å². The Morgan fingerprint density at radius 3 is 2.65 bits per heavy atom. The molecule has 3 aliphatic rings. The van der Waals surface area contributed by atoms with Crippen molar-refractivity contribution in [3.05, 3.63) is 11.6 Å². The molecular weight excluding hydrogens is 264 g/mol. The van der Waals surface area contributed by atoms with E-state index in [1.807, 2.05) is 0 Å². The van der Waals surface area contributed by atoms with Crippen molar-refractivity contribution in [3.63, 3.8) is 0 Å². The summed E-state index contributed by atoms with van der Waals surface area (Å²) in [6.45, 7) is 0. The number of cyclic esters (lactones) is 2. The number of esters is 3. The quantitative estimate of drug-likeness (QED) is 0.509. The second-order valence-electron chi connectivity index (χ2n) is 5.38. The van der Waals surface area contributed by atoms with Crippen molar-refractivity contribution in [1.29, 1.82) is 0 Å². The zero-order chi connectivity index (χ0) is 14.4. The molecular formula is C14H14O6. The third kappa shape index (κ3) is 1.71. The smallest absolute Gasteiger partial charge is 0.318 e. The Morgan fingerprint density at radius 1 is 1.25 bits per heavy atom. The van der Waals surface area contributed by atoms with Crippen LogP contribution in [0.5, 0.6) is 0 Å². The zero-order valence-corrected chi connectivity index (χ0v) is 11.0. The normalized spacial score (nSPS) is 35.9. The van der Waals surface area contributed by atoms with Gasteiger partial charge in [0.1, 0.15) is 0 Å². The van der Waals surface area contributed by atoms with E-state index in [-0.39, 0.29) is 11.7 Å². The molecule has 6 nitrogen and oxygen atoms in total. The van der Waals surface area contributed by atoms with Gasteiger partial charge in [0.2, 0.25) is 0 Å². The van der Waals surface area contributed by atoms with Crippen LogP contribution in [0.4, 0.5) is 0 Å². The molecule has 0 aromatic rings. The monoisotopic (exact) mass is 278 g/mol. The number of allylic oxidation sites excluding steroid dienone is 1. The minimum atomic E-state index is -0.905. The van der Waals surface area contributed by atoms with Crippen molar-refractivity contribution in [2.45, 2.75) is 19.3 Å². The summed E-state index contributed by atoms with van der Waals surface area (Å²) >= 11 is 0. The van der Waals surface area contributed by atoms with Crippen LogP contribution in [0, 0.1) is 23.7 Å². The largest absolute Gasteiger partial charge is 0.469 e. The summed E-state index contributed by atoms with van der Waals surface area (Å²) in [5, 5.41) is 0. The molecule has 2 fully saturated rings. The lowest BCUT2D eigenvalue weighted by Gasteiger charge is -2.35. The van der Waals surface area contributed by atoms with Crippen LogP contribution in [-0.2, 0) is 28.7 Å². The van der Waals surface area contributed by atoms with Gasteiger partial charge in [-0.25, -0.2) is 0 Å². The number of Topliss-reactive ketones (excluding diaryl/α,β-unsaturated/α-hetero) is 1. The number of carbonyl (C=O) groups excluding carboxylic acids is 4. The lowest BCUT2D eigenvalue weighted by molar-refractivity contribution is -0.156. The first-order valence-corrected chi connectivity index (χ1v) is 6.63. The highest BCUT2D eigenvalue weighted by Crippen LogP contribution is 2.48. The van der Waals surface area contributed by atoms with Crippen LogP contribution in [0.1, 0.15) is 19.3 Å². The van der Waals surface area contributed by atoms with E-state index >= 15 is 0 Å². The molecule has 0 bridgehead atoms. The third-order valence-electron chi connectivity index (χ3n) is 4.43. The third-order valence-corrected chi connectivity index (χ3v) is 4.43. The Morgan fingerprint density at radius 2 is 1.95 bits per heavy atom. The number of ketones is 1. The van der Waals surface area contributed by atoms with Crippen LogP contribution in [0.3, 0.4) is 0 Å². The number of ether oxygens (including phenoxy) is 2. The molecule has 6 heteroatoms. The fourth-order valence-electron chi connectivity index (χ4n) is 3.54. The van der Waals surface area contributed by atoms with Crippen molar-refractivity contribution < 1.29 is 28.7 Å². The molecule has 1 heterocycles. The van der Waals surface area contributed by atoms with Crippen molar-refractivity contribution in [2.24, 2.45) is 23.7 Å². The molecule has 0 N–H and O–H groups in total. The van der Waals surface area contributed by atoms with Gasteiger partial charge in [0.25, 0.3) is 0 Å². The minimum absolute atomic E-state index is 0.0549. The van der Waals surface area contributed by atoms with E-state index in [1.54, 1.807) is 0 Å². The average Bonchev–Trinajstić information content (AvgIpc) is 2.73. The van der Waals surface area contributed by atoms with Gasteiger partial charge in [0.05, 0.1) is 24.9 Å². The second-order valence-corrected chi connectivity index (χ2v) is 5.38.